The van der Waals surface area contributed by atoms with Crippen LogP contribution in [0.1, 0.15) is 25.7 Å². The van der Waals surface area contributed by atoms with Crippen LogP contribution in [0, 0.1) is 0 Å². The van der Waals surface area contributed by atoms with Gasteiger partial charge < -0.3 is 10.4 Å². The number of aliphatic hydroxyl groups is 1. The smallest absolute Gasteiger partial charge is 0.0741 e. The summed E-state index contributed by atoms with van der Waals surface area (Å²) in [7, 11) is 0. The molecule has 94 valence electrons. The van der Waals surface area contributed by atoms with Crippen LogP contribution in [0.3, 0.4) is 0 Å². The second-order valence-corrected chi connectivity index (χ2v) is 5.01. The maximum Gasteiger partial charge on any atom is 0.0741 e. The number of hydrogen-bond donors (Lipinski definition) is 2. The summed E-state index contributed by atoms with van der Waals surface area (Å²) < 4.78 is 0. The van der Waals surface area contributed by atoms with Crippen LogP contribution in [0.5, 0.6) is 0 Å². The number of benzene rings is 1. The Balaban J connectivity index is 1.90. The Morgan fingerprint density at radius 1 is 1.17 bits per heavy atom. The van der Waals surface area contributed by atoms with Crippen LogP contribution >= 0.6 is 0 Å². The average Bonchev–Trinajstić information content (AvgIpc) is 2.42. The molecule has 0 amide bonds. The van der Waals surface area contributed by atoms with Gasteiger partial charge in [-0.2, -0.15) is 0 Å². The molecule has 2 unspecified atom stereocenters. The number of aliphatic hydroxyl groups excluding tert-OH is 1. The van der Waals surface area contributed by atoms with Gasteiger partial charge in [0.25, 0.3) is 0 Å². The molecule has 1 fully saturated rings. The number of fused-ring (bicyclic) bond motifs is 1. The van der Waals surface area contributed by atoms with Crippen molar-refractivity contribution in [1.82, 2.24) is 4.98 Å². The predicted octanol–water partition coefficient (Wildman–Crippen LogP) is 2.95. The average molecular weight is 242 g/mol. The van der Waals surface area contributed by atoms with E-state index in [0.29, 0.717) is 0 Å². The molecule has 1 heterocycles. The molecule has 1 aliphatic carbocycles. The van der Waals surface area contributed by atoms with E-state index in [1.165, 1.54) is 11.8 Å². The number of nitrogens with one attached hydrogen (secondary N) is 1. The maximum absolute atomic E-state index is 10.0. The molecule has 3 heteroatoms. The van der Waals surface area contributed by atoms with Gasteiger partial charge in [0, 0.05) is 28.9 Å². The first-order valence-electron chi connectivity index (χ1n) is 6.62. The summed E-state index contributed by atoms with van der Waals surface area (Å²) in [5.74, 6) is 0. The van der Waals surface area contributed by atoms with Gasteiger partial charge in [-0.3, -0.25) is 4.98 Å². The topological polar surface area (TPSA) is 45.1 Å². The highest BCUT2D eigenvalue weighted by molar-refractivity contribution is 5.93. The largest absolute Gasteiger partial charge is 0.391 e. The quantitative estimate of drug-likeness (QED) is 0.851. The molecule has 1 saturated carbocycles. The molecule has 18 heavy (non-hydrogen) atoms. The molecule has 1 aromatic carbocycles. The number of aromatic nitrogens is 1. The van der Waals surface area contributed by atoms with E-state index in [2.05, 4.69) is 22.4 Å². The Hall–Kier alpha value is -1.61. The summed E-state index contributed by atoms with van der Waals surface area (Å²) in [6, 6.07) is 8.36. The zero-order chi connectivity index (χ0) is 12.4. The fraction of sp³-hybridized carbons (Fsp3) is 0.400. The minimum Gasteiger partial charge on any atom is -0.391 e. The van der Waals surface area contributed by atoms with Gasteiger partial charge in [0.1, 0.15) is 0 Å². The van der Waals surface area contributed by atoms with E-state index in [9.17, 15) is 5.11 Å². The fourth-order valence-corrected chi connectivity index (χ4v) is 2.73. The van der Waals surface area contributed by atoms with Crippen molar-refractivity contribution in [1.29, 1.82) is 0 Å². The zero-order valence-corrected chi connectivity index (χ0v) is 10.3. The number of nitrogens with zero attached hydrogens (tertiary/aromatic N) is 1. The van der Waals surface area contributed by atoms with Crippen molar-refractivity contribution in [2.24, 2.45) is 0 Å². The third kappa shape index (κ3) is 2.18. The van der Waals surface area contributed by atoms with Crippen molar-refractivity contribution in [3.05, 3.63) is 36.7 Å². The Morgan fingerprint density at radius 2 is 2.06 bits per heavy atom. The molecule has 2 atom stereocenters. The van der Waals surface area contributed by atoms with Crippen LogP contribution in [-0.2, 0) is 0 Å². The SMILES string of the molecule is OC1CCCCC1Nc1cccc2cnccc12. The predicted molar refractivity (Wildman–Crippen MR) is 73.6 cm³/mol. The summed E-state index contributed by atoms with van der Waals surface area (Å²) in [6.07, 6.45) is 7.74. The van der Waals surface area contributed by atoms with E-state index in [-0.39, 0.29) is 12.1 Å². The normalized spacial score (nSPS) is 24.1. The second-order valence-electron chi connectivity index (χ2n) is 5.01. The maximum atomic E-state index is 10.0. The van der Waals surface area contributed by atoms with Crippen LogP contribution < -0.4 is 5.32 Å². The molecule has 0 bridgehead atoms. The molecule has 2 aromatic rings. The lowest BCUT2D eigenvalue weighted by atomic mass is 9.92. The van der Waals surface area contributed by atoms with Gasteiger partial charge in [-0.25, -0.2) is 0 Å². The summed E-state index contributed by atoms with van der Waals surface area (Å²) in [6.45, 7) is 0. The highest BCUT2D eigenvalue weighted by Crippen LogP contribution is 2.27. The second kappa shape index (κ2) is 4.94. The number of rotatable bonds is 2. The molecule has 1 aliphatic rings. The van der Waals surface area contributed by atoms with Crippen molar-refractivity contribution in [3.8, 4) is 0 Å². The van der Waals surface area contributed by atoms with E-state index < -0.39 is 0 Å². The van der Waals surface area contributed by atoms with Crippen LogP contribution in [0.25, 0.3) is 10.8 Å². The van der Waals surface area contributed by atoms with Gasteiger partial charge in [-0.15, -0.1) is 0 Å². The van der Waals surface area contributed by atoms with Gasteiger partial charge in [0.15, 0.2) is 0 Å². The first-order chi connectivity index (χ1) is 8.84. The monoisotopic (exact) mass is 242 g/mol. The first kappa shape index (κ1) is 11.5. The van der Waals surface area contributed by atoms with Crippen LogP contribution in [0.2, 0.25) is 0 Å². The molecule has 3 nitrogen and oxygen atoms in total. The van der Waals surface area contributed by atoms with E-state index in [4.69, 9.17) is 0 Å². The summed E-state index contributed by atoms with van der Waals surface area (Å²) in [5.41, 5.74) is 1.10. The van der Waals surface area contributed by atoms with Crippen molar-refractivity contribution in [2.45, 2.75) is 37.8 Å². The Kier molecular flexibility index (Phi) is 3.15. The lowest BCUT2D eigenvalue weighted by Crippen LogP contribution is -2.36. The Morgan fingerprint density at radius 3 is 2.94 bits per heavy atom. The minimum atomic E-state index is -0.226. The van der Waals surface area contributed by atoms with Crippen LogP contribution in [-0.4, -0.2) is 22.2 Å². The summed E-state index contributed by atoms with van der Waals surface area (Å²) in [5, 5.41) is 15.8. The van der Waals surface area contributed by atoms with Gasteiger partial charge in [0.2, 0.25) is 0 Å². The Labute approximate surface area is 107 Å². The molecule has 0 radical (unpaired) electrons. The molecule has 0 spiro atoms. The molecular weight excluding hydrogens is 224 g/mol. The van der Waals surface area contributed by atoms with Crippen LogP contribution in [0.4, 0.5) is 5.69 Å². The van der Waals surface area contributed by atoms with Crippen molar-refractivity contribution in [2.75, 3.05) is 5.32 Å². The van der Waals surface area contributed by atoms with Gasteiger partial charge in [0.05, 0.1) is 12.1 Å². The molecule has 0 aliphatic heterocycles. The highest BCUT2D eigenvalue weighted by Gasteiger charge is 2.22. The molecule has 1 aromatic heterocycles. The lowest BCUT2D eigenvalue weighted by molar-refractivity contribution is 0.116. The fourth-order valence-electron chi connectivity index (χ4n) is 2.73. The zero-order valence-electron chi connectivity index (χ0n) is 10.3. The standard InChI is InChI=1S/C15H18N2O/c18-15-7-2-1-5-14(15)17-13-6-3-4-11-10-16-9-8-12(11)13/h3-4,6,8-10,14-15,17-18H,1-2,5,7H2. The third-order valence-electron chi connectivity index (χ3n) is 3.75. The number of anilines is 1. The molecule has 2 N–H and O–H groups in total. The van der Waals surface area contributed by atoms with Crippen molar-refractivity contribution in [3.63, 3.8) is 0 Å². The Bertz CT molecular complexity index is 536. The van der Waals surface area contributed by atoms with E-state index in [0.717, 1.165) is 30.3 Å². The molecular formula is C15H18N2O. The van der Waals surface area contributed by atoms with Crippen molar-refractivity contribution >= 4 is 16.5 Å². The number of pyridine rings is 1. The van der Waals surface area contributed by atoms with E-state index >= 15 is 0 Å². The summed E-state index contributed by atoms with van der Waals surface area (Å²) >= 11 is 0. The summed E-state index contributed by atoms with van der Waals surface area (Å²) in [4.78, 5) is 4.14. The van der Waals surface area contributed by atoms with Crippen LogP contribution in [0.15, 0.2) is 36.7 Å². The van der Waals surface area contributed by atoms with Gasteiger partial charge >= 0.3 is 0 Å². The highest BCUT2D eigenvalue weighted by atomic mass is 16.3. The lowest BCUT2D eigenvalue weighted by Gasteiger charge is -2.29. The molecule has 3 rings (SSSR count). The number of hydrogen-bond acceptors (Lipinski definition) is 3. The third-order valence-corrected chi connectivity index (χ3v) is 3.75. The minimum absolute atomic E-state index is 0.178. The van der Waals surface area contributed by atoms with E-state index in [1.807, 2.05) is 24.5 Å². The van der Waals surface area contributed by atoms with Gasteiger partial charge in [-0.1, -0.05) is 25.0 Å². The van der Waals surface area contributed by atoms with Crippen molar-refractivity contribution < 1.29 is 5.11 Å². The first-order valence-corrected chi connectivity index (χ1v) is 6.62. The van der Waals surface area contributed by atoms with E-state index in [1.54, 1.807) is 0 Å². The molecule has 0 saturated heterocycles. The van der Waals surface area contributed by atoms with Gasteiger partial charge in [-0.05, 0) is 25.0 Å².